The smallest absolute Gasteiger partial charge is 0.272 e. The van der Waals surface area contributed by atoms with Crippen LogP contribution in [0.5, 0.6) is 0 Å². The number of nitrogens with zero attached hydrogens (tertiary/aromatic N) is 3. The van der Waals surface area contributed by atoms with E-state index in [1.165, 1.54) is 11.3 Å². The SMILES string of the molecule is CCCn1nc(C(=O)NC2CCOCC2)c2c1CCC(NCCc1cccnc1)C2. The molecule has 1 saturated heterocycles. The lowest BCUT2D eigenvalue weighted by atomic mass is 9.91. The van der Waals surface area contributed by atoms with Crippen molar-refractivity contribution in [3.8, 4) is 0 Å². The summed E-state index contributed by atoms with van der Waals surface area (Å²) in [6.07, 6.45) is 10.4. The summed E-state index contributed by atoms with van der Waals surface area (Å²) in [5, 5.41) is 11.6. The van der Waals surface area contributed by atoms with Gasteiger partial charge in [-0.2, -0.15) is 5.10 Å². The predicted octanol–water partition coefficient (Wildman–Crippen LogP) is 2.29. The summed E-state index contributed by atoms with van der Waals surface area (Å²) < 4.78 is 7.48. The summed E-state index contributed by atoms with van der Waals surface area (Å²) in [6, 6.07) is 4.66. The Labute approximate surface area is 178 Å². The number of ether oxygens (including phenoxy) is 1. The first-order chi connectivity index (χ1) is 14.7. The van der Waals surface area contributed by atoms with Crippen molar-refractivity contribution >= 4 is 5.91 Å². The summed E-state index contributed by atoms with van der Waals surface area (Å²) in [7, 11) is 0. The van der Waals surface area contributed by atoms with Gasteiger partial charge in [0.2, 0.25) is 0 Å². The maximum Gasteiger partial charge on any atom is 0.272 e. The van der Waals surface area contributed by atoms with Crippen LogP contribution in [0.3, 0.4) is 0 Å². The maximum atomic E-state index is 13.1. The van der Waals surface area contributed by atoms with Gasteiger partial charge in [-0.15, -0.1) is 0 Å². The molecule has 3 heterocycles. The molecule has 4 rings (SSSR count). The maximum absolute atomic E-state index is 13.1. The fourth-order valence-corrected chi connectivity index (χ4v) is 4.50. The average molecular weight is 412 g/mol. The first-order valence-corrected chi connectivity index (χ1v) is 11.3. The Morgan fingerprint density at radius 2 is 2.13 bits per heavy atom. The van der Waals surface area contributed by atoms with Crippen molar-refractivity contribution in [1.82, 2.24) is 25.4 Å². The normalized spacial score (nSPS) is 19.4. The molecule has 2 aromatic heterocycles. The molecule has 1 amide bonds. The van der Waals surface area contributed by atoms with Crippen LogP contribution in [-0.4, -0.2) is 52.5 Å². The van der Waals surface area contributed by atoms with E-state index in [1.54, 1.807) is 6.20 Å². The monoisotopic (exact) mass is 411 g/mol. The number of carbonyl (C=O) groups excluding carboxylic acids is 1. The van der Waals surface area contributed by atoms with Crippen LogP contribution < -0.4 is 10.6 Å². The molecule has 162 valence electrons. The van der Waals surface area contributed by atoms with E-state index in [1.807, 2.05) is 12.3 Å². The Morgan fingerprint density at radius 3 is 2.90 bits per heavy atom. The Balaban J connectivity index is 1.42. The van der Waals surface area contributed by atoms with Crippen molar-refractivity contribution in [2.75, 3.05) is 19.8 Å². The number of carbonyl (C=O) groups is 1. The van der Waals surface area contributed by atoms with Crippen molar-refractivity contribution in [2.24, 2.45) is 0 Å². The molecule has 0 spiro atoms. The summed E-state index contributed by atoms with van der Waals surface area (Å²) in [4.78, 5) is 17.2. The first kappa shape index (κ1) is 21.0. The molecule has 7 nitrogen and oxygen atoms in total. The molecule has 1 unspecified atom stereocenters. The second-order valence-electron chi connectivity index (χ2n) is 8.36. The van der Waals surface area contributed by atoms with Crippen molar-refractivity contribution in [2.45, 2.75) is 70.5 Å². The van der Waals surface area contributed by atoms with Gasteiger partial charge in [0.25, 0.3) is 5.91 Å². The molecule has 2 N–H and O–H groups in total. The van der Waals surface area contributed by atoms with Crippen molar-refractivity contribution in [1.29, 1.82) is 0 Å². The minimum absolute atomic E-state index is 0.0241. The fraction of sp³-hybridized carbons (Fsp3) is 0.609. The van der Waals surface area contributed by atoms with E-state index in [-0.39, 0.29) is 11.9 Å². The molecule has 2 aromatic rings. The third kappa shape index (κ3) is 5.08. The topological polar surface area (TPSA) is 81.1 Å². The summed E-state index contributed by atoms with van der Waals surface area (Å²) in [5.41, 5.74) is 4.26. The molecule has 1 aliphatic carbocycles. The van der Waals surface area contributed by atoms with Gasteiger partial charge in [0, 0.05) is 55.5 Å². The number of hydrogen-bond acceptors (Lipinski definition) is 5. The number of nitrogens with one attached hydrogen (secondary N) is 2. The Morgan fingerprint density at radius 1 is 1.27 bits per heavy atom. The third-order valence-electron chi connectivity index (χ3n) is 6.12. The highest BCUT2D eigenvalue weighted by Gasteiger charge is 2.30. The molecule has 7 heteroatoms. The van der Waals surface area contributed by atoms with Gasteiger partial charge < -0.3 is 15.4 Å². The summed E-state index contributed by atoms with van der Waals surface area (Å²) in [6.45, 7) is 5.37. The zero-order valence-corrected chi connectivity index (χ0v) is 17.9. The molecule has 0 saturated carbocycles. The first-order valence-electron chi connectivity index (χ1n) is 11.3. The van der Waals surface area contributed by atoms with Crippen molar-refractivity contribution < 1.29 is 9.53 Å². The molecule has 1 aliphatic heterocycles. The second-order valence-corrected chi connectivity index (χ2v) is 8.36. The van der Waals surface area contributed by atoms with Crippen LogP contribution in [0.25, 0.3) is 0 Å². The second kappa shape index (κ2) is 10.2. The van der Waals surface area contributed by atoms with E-state index in [2.05, 4.69) is 33.3 Å². The number of aromatic nitrogens is 3. The van der Waals surface area contributed by atoms with Crippen molar-refractivity contribution in [3.05, 3.63) is 47.0 Å². The highest BCUT2D eigenvalue weighted by atomic mass is 16.5. The van der Waals surface area contributed by atoms with Crippen LogP contribution in [0, 0.1) is 0 Å². The van der Waals surface area contributed by atoms with Gasteiger partial charge in [-0.1, -0.05) is 13.0 Å². The molecule has 1 atom stereocenters. The number of fused-ring (bicyclic) bond motifs is 1. The van der Waals surface area contributed by atoms with Crippen LogP contribution in [0.2, 0.25) is 0 Å². The van der Waals surface area contributed by atoms with Gasteiger partial charge in [0.1, 0.15) is 0 Å². The predicted molar refractivity (Wildman–Crippen MR) is 116 cm³/mol. The number of pyridine rings is 1. The molecular formula is C23H33N5O2. The molecule has 0 bridgehead atoms. The van der Waals surface area contributed by atoms with Gasteiger partial charge in [0.15, 0.2) is 5.69 Å². The highest BCUT2D eigenvalue weighted by Crippen LogP contribution is 2.26. The molecule has 1 fully saturated rings. The van der Waals surface area contributed by atoms with Gasteiger partial charge in [0.05, 0.1) is 0 Å². The zero-order chi connectivity index (χ0) is 20.8. The zero-order valence-electron chi connectivity index (χ0n) is 17.9. The third-order valence-corrected chi connectivity index (χ3v) is 6.12. The average Bonchev–Trinajstić information content (AvgIpc) is 3.13. The van der Waals surface area contributed by atoms with Crippen LogP contribution in [0.4, 0.5) is 0 Å². The standard InChI is InChI=1S/C23H33N5O2/c1-2-12-28-21-6-5-19(25-11-7-17-4-3-10-24-16-17)15-20(21)22(27-28)23(29)26-18-8-13-30-14-9-18/h3-4,10,16,18-19,25H,2,5-9,11-15H2,1H3,(H,26,29). The van der Waals surface area contributed by atoms with E-state index in [9.17, 15) is 4.79 Å². The fourth-order valence-electron chi connectivity index (χ4n) is 4.50. The Bertz CT molecular complexity index is 830. The van der Waals surface area contributed by atoms with Crippen LogP contribution in [0.1, 0.15) is 59.9 Å². The van der Waals surface area contributed by atoms with E-state index >= 15 is 0 Å². The molecule has 0 aromatic carbocycles. The molecule has 0 radical (unpaired) electrons. The van der Waals surface area contributed by atoms with Crippen LogP contribution in [0.15, 0.2) is 24.5 Å². The van der Waals surface area contributed by atoms with E-state index in [4.69, 9.17) is 9.84 Å². The Hall–Kier alpha value is -2.25. The van der Waals surface area contributed by atoms with Gasteiger partial charge in [-0.05, 0) is 63.1 Å². The Kier molecular flexibility index (Phi) is 7.12. The summed E-state index contributed by atoms with van der Waals surface area (Å²) in [5.74, 6) is -0.0241. The largest absolute Gasteiger partial charge is 0.381 e. The number of aryl methyl sites for hydroxylation is 1. The van der Waals surface area contributed by atoms with Crippen molar-refractivity contribution in [3.63, 3.8) is 0 Å². The number of hydrogen-bond donors (Lipinski definition) is 2. The number of rotatable bonds is 8. The lowest BCUT2D eigenvalue weighted by Gasteiger charge is -2.25. The minimum Gasteiger partial charge on any atom is -0.381 e. The molecule has 2 aliphatic rings. The van der Waals surface area contributed by atoms with Crippen LogP contribution in [-0.2, 0) is 30.5 Å². The minimum atomic E-state index is -0.0241. The lowest BCUT2D eigenvalue weighted by Crippen LogP contribution is -2.40. The van der Waals surface area contributed by atoms with E-state index in [0.29, 0.717) is 11.7 Å². The molecule has 30 heavy (non-hydrogen) atoms. The van der Waals surface area contributed by atoms with E-state index in [0.717, 1.165) is 76.8 Å². The number of amides is 1. The quantitative estimate of drug-likeness (QED) is 0.697. The summed E-state index contributed by atoms with van der Waals surface area (Å²) >= 11 is 0. The molecular weight excluding hydrogens is 378 g/mol. The highest BCUT2D eigenvalue weighted by molar-refractivity contribution is 5.94. The van der Waals surface area contributed by atoms with Gasteiger partial charge in [-0.25, -0.2) is 0 Å². The lowest BCUT2D eigenvalue weighted by molar-refractivity contribution is 0.0693. The van der Waals surface area contributed by atoms with Crippen LogP contribution >= 0.6 is 0 Å². The van der Waals surface area contributed by atoms with Gasteiger partial charge >= 0.3 is 0 Å². The van der Waals surface area contributed by atoms with Gasteiger partial charge in [-0.3, -0.25) is 14.5 Å². The van der Waals surface area contributed by atoms with E-state index < -0.39 is 0 Å².